The van der Waals surface area contributed by atoms with Crippen molar-refractivity contribution in [3.05, 3.63) is 79.2 Å². The highest BCUT2D eigenvalue weighted by molar-refractivity contribution is 7.15. The molecule has 0 radical (unpaired) electrons. The van der Waals surface area contributed by atoms with Crippen LogP contribution in [0, 0.1) is 20.2 Å². The minimum Gasteiger partial charge on any atom is -0.497 e. The monoisotopic (exact) mass is 457 g/mol. The standard InChI is InChI=1S/C20H15N3O8S/c1-30-15-5-3-11(4-6-15)16-10-32-19(17(16)20(25)31-2)21-18(24)12-7-13(22(26)27)9-14(8-12)23(28)29/h3-10H,1-2H3,(H,21,24). The van der Waals surface area contributed by atoms with Crippen molar-refractivity contribution in [2.75, 3.05) is 19.5 Å². The van der Waals surface area contributed by atoms with Gasteiger partial charge in [-0.05, 0) is 17.7 Å². The molecule has 0 unspecified atom stereocenters. The second kappa shape index (κ2) is 9.22. The third-order valence-electron chi connectivity index (χ3n) is 4.39. The average Bonchev–Trinajstić information content (AvgIpc) is 3.21. The van der Waals surface area contributed by atoms with Crippen LogP contribution in [0.15, 0.2) is 47.8 Å². The number of anilines is 1. The van der Waals surface area contributed by atoms with E-state index < -0.39 is 33.1 Å². The smallest absolute Gasteiger partial charge is 0.341 e. The molecular weight excluding hydrogens is 442 g/mol. The Labute approximate surface area is 184 Å². The van der Waals surface area contributed by atoms with Crippen LogP contribution in [0.2, 0.25) is 0 Å². The first-order chi connectivity index (χ1) is 15.2. The molecule has 0 aliphatic rings. The van der Waals surface area contributed by atoms with Gasteiger partial charge in [-0.3, -0.25) is 25.0 Å². The van der Waals surface area contributed by atoms with Crippen molar-refractivity contribution in [3.63, 3.8) is 0 Å². The number of benzene rings is 2. The van der Waals surface area contributed by atoms with Crippen LogP contribution >= 0.6 is 11.3 Å². The highest BCUT2D eigenvalue weighted by Crippen LogP contribution is 2.37. The zero-order chi connectivity index (χ0) is 23.4. The molecule has 1 N–H and O–H groups in total. The summed E-state index contributed by atoms with van der Waals surface area (Å²) in [6.07, 6.45) is 0. The zero-order valence-corrected chi connectivity index (χ0v) is 17.5. The van der Waals surface area contributed by atoms with E-state index >= 15 is 0 Å². The van der Waals surface area contributed by atoms with Crippen LogP contribution in [0.25, 0.3) is 11.1 Å². The number of nitrogens with one attached hydrogen (secondary N) is 1. The maximum absolute atomic E-state index is 12.7. The van der Waals surface area contributed by atoms with Crippen molar-refractivity contribution >= 4 is 39.6 Å². The van der Waals surface area contributed by atoms with E-state index in [0.29, 0.717) is 16.9 Å². The Bertz CT molecular complexity index is 1190. The van der Waals surface area contributed by atoms with Crippen molar-refractivity contribution in [2.24, 2.45) is 0 Å². The van der Waals surface area contributed by atoms with Crippen LogP contribution in [0.4, 0.5) is 16.4 Å². The highest BCUT2D eigenvalue weighted by atomic mass is 32.1. The molecule has 1 amide bonds. The maximum atomic E-state index is 12.7. The number of carbonyl (C=O) groups is 2. The second-order valence-corrected chi connectivity index (χ2v) is 7.16. The highest BCUT2D eigenvalue weighted by Gasteiger charge is 2.25. The summed E-state index contributed by atoms with van der Waals surface area (Å²) in [7, 11) is 2.71. The quantitative estimate of drug-likeness (QED) is 0.314. The largest absolute Gasteiger partial charge is 0.497 e. The summed E-state index contributed by atoms with van der Waals surface area (Å²) >= 11 is 1.04. The minimum absolute atomic E-state index is 0.0796. The summed E-state index contributed by atoms with van der Waals surface area (Å²) in [4.78, 5) is 45.7. The Morgan fingerprint density at radius 1 is 0.969 bits per heavy atom. The predicted octanol–water partition coefficient (Wildman–Crippen LogP) is 4.28. The van der Waals surface area contributed by atoms with Crippen LogP contribution < -0.4 is 10.1 Å². The normalized spacial score (nSPS) is 10.3. The Morgan fingerprint density at radius 3 is 2.06 bits per heavy atom. The topological polar surface area (TPSA) is 151 Å². The van der Waals surface area contributed by atoms with E-state index in [4.69, 9.17) is 9.47 Å². The van der Waals surface area contributed by atoms with Gasteiger partial charge in [0.15, 0.2) is 0 Å². The first kappa shape index (κ1) is 22.4. The second-order valence-electron chi connectivity index (χ2n) is 6.28. The van der Waals surface area contributed by atoms with Crippen LogP contribution in [0.1, 0.15) is 20.7 Å². The molecule has 2 aromatic carbocycles. The van der Waals surface area contributed by atoms with Crippen molar-refractivity contribution in [1.29, 1.82) is 0 Å². The van der Waals surface area contributed by atoms with Gasteiger partial charge in [0.25, 0.3) is 17.3 Å². The number of nitrogens with zero attached hydrogens (tertiary/aromatic N) is 2. The van der Waals surface area contributed by atoms with Crippen LogP contribution in [0.5, 0.6) is 5.75 Å². The van der Waals surface area contributed by atoms with Crippen LogP contribution in [0.3, 0.4) is 0 Å². The molecular formula is C20H15N3O8S. The molecule has 0 fully saturated rings. The summed E-state index contributed by atoms with van der Waals surface area (Å²) in [5.41, 5.74) is -0.291. The lowest BCUT2D eigenvalue weighted by atomic mass is 10.0. The first-order valence-corrected chi connectivity index (χ1v) is 9.72. The molecule has 1 aromatic heterocycles. The van der Waals surface area contributed by atoms with Crippen molar-refractivity contribution in [3.8, 4) is 16.9 Å². The molecule has 0 spiro atoms. The van der Waals surface area contributed by atoms with Gasteiger partial charge >= 0.3 is 5.97 Å². The SMILES string of the molecule is COC(=O)c1c(-c2ccc(OC)cc2)csc1NC(=O)c1cc([N+](=O)[O-])cc([N+](=O)[O-])c1. The number of esters is 1. The van der Waals surface area contributed by atoms with E-state index in [1.165, 1.54) is 14.2 Å². The van der Waals surface area contributed by atoms with E-state index in [0.717, 1.165) is 29.5 Å². The Hall–Kier alpha value is -4.32. The van der Waals surface area contributed by atoms with E-state index in [9.17, 15) is 29.8 Å². The van der Waals surface area contributed by atoms with Gasteiger partial charge in [-0.1, -0.05) is 12.1 Å². The fraction of sp³-hybridized carbons (Fsp3) is 0.100. The number of nitro benzene ring substituents is 2. The van der Waals surface area contributed by atoms with Crippen LogP contribution in [-0.4, -0.2) is 35.9 Å². The number of rotatable bonds is 7. The number of thiophene rings is 1. The van der Waals surface area contributed by atoms with E-state index in [1.54, 1.807) is 29.6 Å². The summed E-state index contributed by atoms with van der Waals surface area (Å²) in [5.74, 6) is -0.952. The van der Waals surface area contributed by atoms with Gasteiger partial charge in [-0.15, -0.1) is 11.3 Å². The van der Waals surface area contributed by atoms with Gasteiger partial charge in [0.2, 0.25) is 0 Å². The number of amides is 1. The van der Waals surface area contributed by atoms with E-state index in [2.05, 4.69) is 5.32 Å². The third kappa shape index (κ3) is 4.54. The molecule has 0 aliphatic carbocycles. The van der Waals surface area contributed by atoms with Gasteiger partial charge < -0.3 is 14.8 Å². The number of ether oxygens (including phenoxy) is 2. The van der Waals surface area contributed by atoms with Gasteiger partial charge in [0, 0.05) is 23.1 Å². The molecule has 1 heterocycles. The fourth-order valence-corrected chi connectivity index (χ4v) is 3.80. The fourth-order valence-electron chi connectivity index (χ4n) is 2.85. The molecule has 0 bridgehead atoms. The van der Waals surface area contributed by atoms with Crippen LogP contribution in [-0.2, 0) is 4.74 Å². The van der Waals surface area contributed by atoms with Gasteiger partial charge in [0.05, 0.1) is 35.7 Å². The summed E-state index contributed by atoms with van der Waals surface area (Å²) in [6, 6.07) is 9.44. The maximum Gasteiger partial charge on any atom is 0.341 e. The van der Waals surface area contributed by atoms with Gasteiger partial charge in [0.1, 0.15) is 16.3 Å². The number of carbonyl (C=O) groups excluding carboxylic acids is 2. The van der Waals surface area contributed by atoms with Gasteiger partial charge in [-0.2, -0.15) is 0 Å². The average molecular weight is 457 g/mol. The number of methoxy groups -OCH3 is 2. The molecule has 3 aromatic rings. The van der Waals surface area contributed by atoms with Crippen molar-refractivity contribution in [2.45, 2.75) is 0 Å². The number of hydrogen-bond donors (Lipinski definition) is 1. The summed E-state index contributed by atoms with van der Waals surface area (Å²) in [5, 5.41) is 26.4. The molecule has 11 nitrogen and oxygen atoms in total. The lowest BCUT2D eigenvalue weighted by Crippen LogP contribution is -2.14. The molecule has 3 rings (SSSR count). The van der Waals surface area contributed by atoms with Gasteiger partial charge in [-0.25, -0.2) is 4.79 Å². The number of non-ortho nitro benzene ring substituents is 2. The zero-order valence-electron chi connectivity index (χ0n) is 16.7. The van der Waals surface area contributed by atoms with Crippen molar-refractivity contribution < 1.29 is 28.9 Å². The lowest BCUT2D eigenvalue weighted by Gasteiger charge is -2.08. The minimum atomic E-state index is -0.856. The molecule has 0 atom stereocenters. The lowest BCUT2D eigenvalue weighted by molar-refractivity contribution is -0.394. The molecule has 0 aliphatic heterocycles. The third-order valence-corrected chi connectivity index (χ3v) is 5.29. The van der Waals surface area contributed by atoms with Crippen molar-refractivity contribution in [1.82, 2.24) is 0 Å². The molecule has 0 saturated carbocycles. The summed E-state index contributed by atoms with van der Waals surface area (Å²) in [6.45, 7) is 0. The first-order valence-electron chi connectivity index (χ1n) is 8.84. The molecule has 32 heavy (non-hydrogen) atoms. The van der Waals surface area contributed by atoms with E-state index in [-0.39, 0.29) is 16.1 Å². The molecule has 0 saturated heterocycles. The Balaban J connectivity index is 2.01. The molecule has 164 valence electrons. The Kier molecular flexibility index (Phi) is 6.45. The molecule has 12 heteroatoms. The Morgan fingerprint density at radius 2 is 1.56 bits per heavy atom. The number of nitro groups is 2. The predicted molar refractivity (Wildman–Crippen MR) is 115 cm³/mol. The van der Waals surface area contributed by atoms with E-state index in [1.807, 2.05) is 0 Å². The summed E-state index contributed by atoms with van der Waals surface area (Å²) < 4.78 is 9.97. The number of hydrogen-bond acceptors (Lipinski definition) is 9.